The molecule has 6 rings (SSSR count). The first-order chi connectivity index (χ1) is 17.7. The topological polar surface area (TPSA) is 73.9 Å². The molecule has 2 aromatic carbocycles. The van der Waals surface area contributed by atoms with Gasteiger partial charge in [-0.05, 0) is 47.4 Å². The second kappa shape index (κ2) is 10.0. The summed E-state index contributed by atoms with van der Waals surface area (Å²) in [6, 6.07) is 17.1. The number of anilines is 1. The number of hydrogen-bond acceptors (Lipinski definition) is 7. The molecule has 0 aliphatic carbocycles. The van der Waals surface area contributed by atoms with Gasteiger partial charge in [0.15, 0.2) is 5.13 Å². The fourth-order valence-electron chi connectivity index (χ4n) is 4.52. The molecular weight excluding hydrogens is 470 g/mol. The van der Waals surface area contributed by atoms with Gasteiger partial charge in [0.25, 0.3) is 0 Å². The highest BCUT2D eigenvalue weighted by Gasteiger charge is 2.20. The van der Waals surface area contributed by atoms with Gasteiger partial charge in [-0.25, -0.2) is 14.3 Å². The van der Waals surface area contributed by atoms with Gasteiger partial charge in [-0.2, -0.15) is 5.10 Å². The van der Waals surface area contributed by atoms with Crippen LogP contribution < -0.4 is 4.90 Å². The van der Waals surface area contributed by atoms with E-state index in [4.69, 9.17) is 9.72 Å². The van der Waals surface area contributed by atoms with Crippen molar-refractivity contribution in [3.05, 3.63) is 94.9 Å². The molecule has 1 aliphatic rings. The summed E-state index contributed by atoms with van der Waals surface area (Å²) < 4.78 is 8.84. The van der Waals surface area contributed by atoms with Crippen molar-refractivity contribution in [3.8, 4) is 16.9 Å². The number of thiazole rings is 1. The molecule has 3 aromatic heterocycles. The number of aromatic nitrogens is 6. The minimum atomic E-state index is 0.619. The van der Waals surface area contributed by atoms with E-state index in [1.807, 2.05) is 34.0 Å². The number of nitrogens with zero attached hydrogens (tertiary/aromatic N) is 7. The van der Waals surface area contributed by atoms with Crippen LogP contribution >= 0.6 is 11.3 Å². The Bertz CT molecular complexity index is 1440. The number of hydrogen-bond donors (Lipinski definition) is 0. The van der Waals surface area contributed by atoms with Crippen molar-refractivity contribution in [3.63, 3.8) is 0 Å². The number of rotatable bonds is 8. The third-order valence-corrected chi connectivity index (χ3v) is 7.53. The molecule has 1 aliphatic heterocycles. The molecule has 0 fully saturated rings. The molecular formula is C27H27N7OS. The molecule has 8 nitrogen and oxygen atoms in total. The fourth-order valence-corrected chi connectivity index (χ4v) is 5.49. The van der Waals surface area contributed by atoms with Crippen LogP contribution in [0.25, 0.3) is 16.9 Å². The summed E-state index contributed by atoms with van der Waals surface area (Å²) in [6.07, 6.45) is 9.64. The zero-order valence-corrected chi connectivity index (χ0v) is 20.9. The zero-order valence-electron chi connectivity index (χ0n) is 20.1. The van der Waals surface area contributed by atoms with Crippen LogP contribution in [0.5, 0.6) is 0 Å². The SMILES string of the molecule is COCCn1cc(-c2ccc3c(c2)CN(c2ncc(Cc4ccc(-n5cccn5)cc4)s2)CC3)nn1. The molecule has 182 valence electrons. The molecule has 0 saturated carbocycles. The first-order valence-corrected chi connectivity index (χ1v) is 12.9. The number of fused-ring (bicyclic) bond motifs is 1. The minimum Gasteiger partial charge on any atom is -0.383 e. The van der Waals surface area contributed by atoms with Crippen LogP contribution in [0.3, 0.4) is 0 Å². The quantitative estimate of drug-likeness (QED) is 0.317. The Morgan fingerprint density at radius 2 is 2.00 bits per heavy atom. The summed E-state index contributed by atoms with van der Waals surface area (Å²) >= 11 is 1.78. The first kappa shape index (κ1) is 22.6. The van der Waals surface area contributed by atoms with E-state index in [1.54, 1.807) is 24.6 Å². The van der Waals surface area contributed by atoms with Crippen molar-refractivity contribution in [2.24, 2.45) is 0 Å². The van der Waals surface area contributed by atoms with Gasteiger partial charge < -0.3 is 9.64 Å². The van der Waals surface area contributed by atoms with Gasteiger partial charge >= 0.3 is 0 Å². The van der Waals surface area contributed by atoms with Gasteiger partial charge in [0.2, 0.25) is 0 Å². The van der Waals surface area contributed by atoms with E-state index in [9.17, 15) is 0 Å². The summed E-state index contributed by atoms with van der Waals surface area (Å²) in [4.78, 5) is 8.43. The third-order valence-electron chi connectivity index (χ3n) is 6.47. The Morgan fingerprint density at radius 3 is 2.83 bits per heavy atom. The third kappa shape index (κ3) is 4.80. The highest BCUT2D eigenvalue weighted by Crippen LogP contribution is 2.31. The summed E-state index contributed by atoms with van der Waals surface area (Å²) in [5, 5.41) is 14.0. The Kier molecular flexibility index (Phi) is 6.31. The number of ether oxygens (including phenoxy) is 1. The number of benzene rings is 2. The molecule has 0 amide bonds. The van der Waals surface area contributed by atoms with Crippen LogP contribution in [-0.4, -0.2) is 50.0 Å². The van der Waals surface area contributed by atoms with E-state index >= 15 is 0 Å². The van der Waals surface area contributed by atoms with Gasteiger partial charge in [0.1, 0.15) is 5.69 Å². The number of methoxy groups -OCH3 is 1. The highest BCUT2D eigenvalue weighted by atomic mass is 32.1. The largest absolute Gasteiger partial charge is 0.383 e. The van der Waals surface area contributed by atoms with Crippen LogP contribution in [0.1, 0.15) is 21.6 Å². The van der Waals surface area contributed by atoms with Gasteiger partial charge in [0.05, 0.1) is 25.0 Å². The van der Waals surface area contributed by atoms with Crippen LogP contribution in [0, 0.1) is 0 Å². The van der Waals surface area contributed by atoms with E-state index in [1.165, 1.54) is 21.6 Å². The lowest BCUT2D eigenvalue weighted by Gasteiger charge is -2.28. The van der Waals surface area contributed by atoms with Gasteiger partial charge in [-0.15, -0.1) is 16.4 Å². The molecule has 5 aromatic rings. The second-order valence-corrected chi connectivity index (χ2v) is 10.0. The van der Waals surface area contributed by atoms with E-state index in [0.717, 1.165) is 48.0 Å². The summed E-state index contributed by atoms with van der Waals surface area (Å²) in [5.41, 5.74) is 7.05. The Balaban J connectivity index is 1.13. The molecule has 0 bridgehead atoms. The standard InChI is InChI=1S/C27H27N7OS/c1-35-14-13-33-19-26(30-31-33)22-6-5-21-9-12-32(18-23(21)16-22)27-28-17-25(36-27)15-20-3-7-24(8-4-20)34-11-2-10-29-34/h2-8,10-11,16-17,19H,9,12-15,18H2,1H3. The molecule has 0 saturated heterocycles. The van der Waals surface area contributed by atoms with Gasteiger partial charge in [-0.3, -0.25) is 0 Å². The maximum Gasteiger partial charge on any atom is 0.185 e. The molecule has 0 radical (unpaired) electrons. The zero-order chi connectivity index (χ0) is 24.3. The van der Waals surface area contributed by atoms with Crippen molar-refractivity contribution in [1.82, 2.24) is 29.8 Å². The Morgan fingerprint density at radius 1 is 1.08 bits per heavy atom. The molecule has 0 atom stereocenters. The smallest absolute Gasteiger partial charge is 0.185 e. The fraction of sp³-hybridized carbons (Fsp3) is 0.259. The molecule has 0 unspecified atom stereocenters. The Hall–Kier alpha value is -3.82. The van der Waals surface area contributed by atoms with E-state index < -0.39 is 0 Å². The molecule has 4 heterocycles. The summed E-state index contributed by atoms with van der Waals surface area (Å²) in [5.74, 6) is 0. The van der Waals surface area contributed by atoms with Crippen LogP contribution in [-0.2, 0) is 30.7 Å². The highest BCUT2D eigenvalue weighted by molar-refractivity contribution is 7.15. The summed E-state index contributed by atoms with van der Waals surface area (Å²) in [7, 11) is 1.69. The van der Waals surface area contributed by atoms with E-state index in [-0.39, 0.29) is 0 Å². The maximum absolute atomic E-state index is 5.14. The maximum atomic E-state index is 5.14. The normalized spacial score (nSPS) is 13.2. The summed E-state index contributed by atoms with van der Waals surface area (Å²) in [6.45, 7) is 3.15. The second-order valence-electron chi connectivity index (χ2n) is 8.92. The molecule has 0 N–H and O–H groups in total. The van der Waals surface area contributed by atoms with Crippen LogP contribution in [0.15, 0.2) is 73.3 Å². The van der Waals surface area contributed by atoms with Crippen LogP contribution in [0.2, 0.25) is 0 Å². The van der Waals surface area contributed by atoms with Crippen molar-refractivity contribution in [2.75, 3.05) is 25.2 Å². The Labute approximate surface area is 213 Å². The van der Waals surface area contributed by atoms with Gasteiger partial charge in [-0.1, -0.05) is 29.5 Å². The first-order valence-electron chi connectivity index (χ1n) is 12.0. The van der Waals surface area contributed by atoms with Crippen molar-refractivity contribution in [2.45, 2.75) is 25.9 Å². The average Bonchev–Trinajstić information content (AvgIpc) is 3.70. The lowest BCUT2D eigenvalue weighted by molar-refractivity contribution is 0.183. The molecule has 0 spiro atoms. The van der Waals surface area contributed by atoms with E-state index in [2.05, 4.69) is 62.8 Å². The monoisotopic (exact) mass is 497 g/mol. The lowest BCUT2D eigenvalue weighted by atomic mass is 9.97. The van der Waals surface area contributed by atoms with Crippen LogP contribution in [0.4, 0.5) is 5.13 Å². The molecule has 9 heteroatoms. The lowest BCUT2D eigenvalue weighted by Crippen LogP contribution is -2.30. The van der Waals surface area contributed by atoms with Crippen molar-refractivity contribution < 1.29 is 4.74 Å². The molecule has 36 heavy (non-hydrogen) atoms. The van der Waals surface area contributed by atoms with Crippen molar-refractivity contribution in [1.29, 1.82) is 0 Å². The predicted molar refractivity (Wildman–Crippen MR) is 141 cm³/mol. The van der Waals surface area contributed by atoms with Gasteiger partial charge in [0, 0.05) is 55.7 Å². The predicted octanol–water partition coefficient (Wildman–Crippen LogP) is 4.39. The average molecular weight is 498 g/mol. The minimum absolute atomic E-state index is 0.619. The van der Waals surface area contributed by atoms with E-state index in [0.29, 0.717) is 13.2 Å². The van der Waals surface area contributed by atoms with Crippen molar-refractivity contribution >= 4 is 16.5 Å².